The van der Waals surface area contributed by atoms with Crippen molar-refractivity contribution in [2.24, 2.45) is 0 Å². The fourth-order valence-corrected chi connectivity index (χ4v) is 2.65. The fraction of sp³-hybridized carbons (Fsp3) is 0.500. The summed E-state index contributed by atoms with van der Waals surface area (Å²) in [5.74, 6) is -0.212. The summed E-state index contributed by atoms with van der Waals surface area (Å²) >= 11 is 0. The molecule has 7 heteroatoms. The van der Waals surface area contributed by atoms with E-state index in [9.17, 15) is 14.7 Å². The monoisotopic (exact) mass is 378 g/mol. The fourth-order valence-electron chi connectivity index (χ4n) is 2.65. The quantitative estimate of drug-likeness (QED) is 0.622. The molecule has 0 unspecified atom stereocenters. The van der Waals surface area contributed by atoms with Gasteiger partial charge in [-0.2, -0.15) is 0 Å². The van der Waals surface area contributed by atoms with Crippen molar-refractivity contribution in [2.75, 3.05) is 6.61 Å². The third-order valence-corrected chi connectivity index (χ3v) is 3.91. The highest BCUT2D eigenvalue weighted by Gasteiger charge is 2.31. The zero-order chi connectivity index (χ0) is 20.2. The van der Waals surface area contributed by atoms with E-state index in [1.807, 2.05) is 20.8 Å². The zero-order valence-corrected chi connectivity index (χ0v) is 16.2. The Hall–Kier alpha value is -2.54. The minimum absolute atomic E-state index is 0.0691. The molecule has 1 aliphatic heterocycles. The molecule has 148 valence electrons. The number of phenols is 1. The average molecular weight is 378 g/mol. The van der Waals surface area contributed by atoms with Crippen LogP contribution < -0.4 is 4.74 Å². The van der Waals surface area contributed by atoms with E-state index < -0.39 is 30.4 Å². The molecule has 1 aliphatic rings. The van der Waals surface area contributed by atoms with Crippen LogP contribution in [0.15, 0.2) is 30.4 Å². The summed E-state index contributed by atoms with van der Waals surface area (Å²) in [5.41, 5.74) is 0.486. The van der Waals surface area contributed by atoms with Crippen molar-refractivity contribution in [1.29, 1.82) is 0 Å². The van der Waals surface area contributed by atoms with Crippen LogP contribution in [0.1, 0.15) is 40.2 Å². The van der Waals surface area contributed by atoms with Gasteiger partial charge >= 0.3 is 11.9 Å². The SMILES string of the molecule is CC(=O)OC[C@H]1O[C@H](Oc2ccc(O)c(C(C)(C)C)c2)C=C[C@@H]1OC(C)=O. The van der Waals surface area contributed by atoms with Gasteiger partial charge in [-0.3, -0.25) is 9.59 Å². The summed E-state index contributed by atoms with van der Waals surface area (Å²) in [6.45, 7) is 8.48. The minimum atomic E-state index is -0.755. The van der Waals surface area contributed by atoms with Crippen molar-refractivity contribution < 1.29 is 33.6 Å². The molecule has 0 saturated heterocycles. The topological polar surface area (TPSA) is 91.3 Å². The molecule has 0 aromatic heterocycles. The number of aromatic hydroxyl groups is 1. The predicted octanol–water partition coefficient (Wildman–Crippen LogP) is 2.84. The van der Waals surface area contributed by atoms with Crippen molar-refractivity contribution in [3.63, 3.8) is 0 Å². The summed E-state index contributed by atoms with van der Waals surface area (Å²) in [6.07, 6.45) is 1.16. The Morgan fingerprint density at radius 3 is 2.44 bits per heavy atom. The van der Waals surface area contributed by atoms with Gasteiger partial charge in [0.25, 0.3) is 0 Å². The predicted molar refractivity (Wildman–Crippen MR) is 97.4 cm³/mol. The van der Waals surface area contributed by atoms with Crippen molar-refractivity contribution in [2.45, 2.75) is 58.5 Å². The van der Waals surface area contributed by atoms with Gasteiger partial charge < -0.3 is 24.1 Å². The smallest absolute Gasteiger partial charge is 0.303 e. The van der Waals surface area contributed by atoms with Gasteiger partial charge in [0.2, 0.25) is 6.29 Å². The largest absolute Gasteiger partial charge is 0.508 e. The highest BCUT2D eigenvalue weighted by Crippen LogP contribution is 2.34. The number of ether oxygens (including phenoxy) is 4. The lowest BCUT2D eigenvalue weighted by molar-refractivity contribution is -0.178. The molecule has 3 atom stereocenters. The van der Waals surface area contributed by atoms with Crippen molar-refractivity contribution in [3.8, 4) is 11.5 Å². The number of carbonyl (C=O) groups excluding carboxylic acids is 2. The first kappa shape index (κ1) is 20.8. The molecule has 0 fully saturated rings. The van der Waals surface area contributed by atoms with E-state index >= 15 is 0 Å². The van der Waals surface area contributed by atoms with Gasteiger partial charge in [0.15, 0.2) is 0 Å². The van der Waals surface area contributed by atoms with Crippen molar-refractivity contribution >= 4 is 11.9 Å². The third-order valence-electron chi connectivity index (χ3n) is 3.91. The molecule has 1 aromatic carbocycles. The van der Waals surface area contributed by atoms with Gasteiger partial charge in [-0.05, 0) is 35.8 Å². The first-order valence-corrected chi connectivity index (χ1v) is 8.71. The number of esters is 2. The second-order valence-electron chi connectivity index (χ2n) is 7.35. The first-order valence-electron chi connectivity index (χ1n) is 8.71. The Kier molecular flexibility index (Phi) is 6.49. The lowest BCUT2D eigenvalue weighted by Crippen LogP contribution is -2.43. The van der Waals surface area contributed by atoms with Gasteiger partial charge in [-0.15, -0.1) is 0 Å². The van der Waals surface area contributed by atoms with Crippen LogP contribution in [0.2, 0.25) is 0 Å². The first-order chi connectivity index (χ1) is 12.6. The van der Waals surface area contributed by atoms with Crippen LogP contribution in [0.25, 0.3) is 0 Å². The highest BCUT2D eigenvalue weighted by molar-refractivity contribution is 5.66. The Bertz CT molecular complexity index is 718. The summed E-state index contributed by atoms with van der Waals surface area (Å²) in [6, 6.07) is 4.97. The minimum Gasteiger partial charge on any atom is -0.508 e. The second-order valence-corrected chi connectivity index (χ2v) is 7.35. The number of carbonyl (C=O) groups is 2. The van der Waals surface area contributed by atoms with Crippen LogP contribution in [-0.2, 0) is 29.2 Å². The molecule has 1 N–H and O–H groups in total. The number of phenolic OH excluding ortho intramolecular Hbond substituents is 1. The van der Waals surface area contributed by atoms with Crippen LogP contribution in [0.5, 0.6) is 11.5 Å². The number of benzene rings is 1. The lowest BCUT2D eigenvalue weighted by Gasteiger charge is -2.31. The molecule has 0 amide bonds. The molecular weight excluding hydrogens is 352 g/mol. The van der Waals surface area contributed by atoms with Crippen LogP contribution in [-0.4, -0.2) is 42.1 Å². The van der Waals surface area contributed by atoms with E-state index in [4.69, 9.17) is 18.9 Å². The average Bonchev–Trinajstić information content (AvgIpc) is 2.55. The third kappa shape index (κ3) is 5.99. The lowest BCUT2D eigenvalue weighted by atomic mass is 9.86. The molecule has 27 heavy (non-hydrogen) atoms. The van der Waals surface area contributed by atoms with E-state index in [0.29, 0.717) is 5.75 Å². The summed E-state index contributed by atoms with van der Waals surface area (Å²) in [7, 11) is 0. The molecular formula is C20H26O7. The zero-order valence-electron chi connectivity index (χ0n) is 16.2. The van der Waals surface area contributed by atoms with Gasteiger partial charge in [0.1, 0.15) is 30.3 Å². The molecule has 1 heterocycles. The number of hydrogen-bond acceptors (Lipinski definition) is 7. The Labute approximate surface area is 158 Å². The number of hydrogen-bond donors (Lipinski definition) is 1. The summed E-state index contributed by atoms with van der Waals surface area (Å²) in [5, 5.41) is 10.1. The molecule has 1 aromatic rings. The van der Waals surface area contributed by atoms with Crippen LogP contribution in [0.4, 0.5) is 0 Å². The molecule has 0 spiro atoms. The van der Waals surface area contributed by atoms with E-state index in [1.165, 1.54) is 13.8 Å². The van der Waals surface area contributed by atoms with Gasteiger partial charge in [-0.1, -0.05) is 20.8 Å². The Morgan fingerprint density at radius 2 is 1.85 bits per heavy atom. The van der Waals surface area contributed by atoms with E-state index in [-0.39, 0.29) is 17.8 Å². The maximum absolute atomic E-state index is 11.3. The van der Waals surface area contributed by atoms with Gasteiger partial charge in [-0.25, -0.2) is 0 Å². The van der Waals surface area contributed by atoms with Crippen LogP contribution >= 0.6 is 0 Å². The molecule has 0 bridgehead atoms. The van der Waals surface area contributed by atoms with Gasteiger partial charge in [0.05, 0.1) is 0 Å². The number of rotatable bonds is 5. The molecule has 0 saturated carbocycles. The Balaban J connectivity index is 2.14. The van der Waals surface area contributed by atoms with E-state index in [2.05, 4.69) is 0 Å². The second kappa shape index (κ2) is 8.43. The molecule has 0 radical (unpaired) electrons. The van der Waals surface area contributed by atoms with Crippen LogP contribution in [0, 0.1) is 0 Å². The maximum Gasteiger partial charge on any atom is 0.303 e. The summed E-state index contributed by atoms with van der Waals surface area (Å²) < 4.78 is 21.8. The summed E-state index contributed by atoms with van der Waals surface area (Å²) in [4.78, 5) is 22.3. The normalized spacial score (nSPS) is 22.2. The van der Waals surface area contributed by atoms with E-state index in [1.54, 1.807) is 30.4 Å². The van der Waals surface area contributed by atoms with Crippen molar-refractivity contribution in [1.82, 2.24) is 0 Å². The van der Waals surface area contributed by atoms with E-state index in [0.717, 1.165) is 5.56 Å². The standard InChI is InChI=1S/C20H26O7/c1-12(21)24-11-18-17(25-13(2)22)8-9-19(27-18)26-14-6-7-16(23)15(10-14)20(3,4)5/h6-10,17-19,23H,11H2,1-5H3/t17-,18+,19-/m0/s1. The molecule has 2 rings (SSSR count). The molecule has 0 aliphatic carbocycles. The molecule has 7 nitrogen and oxygen atoms in total. The maximum atomic E-state index is 11.3. The van der Waals surface area contributed by atoms with Crippen molar-refractivity contribution in [3.05, 3.63) is 35.9 Å². The Morgan fingerprint density at radius 1 is 1.15 bits per heavy atom. The van der Waals surface area contributed by atoms with Crippen LogP contribution in [0.3, 0.4) is 0 Å². The van der Waals surface area contributed by atoms with Gasteiger partial charge in [0, 0.05) is 19.4 Å². The highest BCUT2D eigenvalue weighted by atomic mass is 16.7.